The molecule has 0 radical (unpaired) electrons. The number of anilines is 2. The first-order valence-corrected chi connectivity index (χ1v) is 6.96. The fourth-order valence-corrected chi connectivity index (χ4v) is 1.64. The Kier molecular flexibility index (Phi) is 6.02. The molecule has 1 atom stereocenters. The van der Waals surface area contributed by atoms with Crippen molar-refractivity contribution in [2.24, 2.45) is 5.92 Å². The average Bonchev–Trinajstić information content (AvgIpc) is 2.39. The van der Waals surface area contributed by atoms with Crippen molar-refractivity contribution in [1.82, 2.24) is 9.97 Å². The van der Waals surface area contributed by atoms with Crippen molar-refractivity contribution in [3.8, 4) is 0 Å². The fraction of sp³-hybridized carbons (Fsp3) is 0.714. The van der Waals surface area contributed by atoms with Gasteiger partial charge in [-0.25, -0.2) is 9.97 Å². The van der Waals surface area contributed by atoms with Crippen molar-refractivity contribution in [3.63, 3.8) is 0 Å². The number of rotatable bonds is 7. The van der Waals surface area contributed by atoms with Crippen LogP contribution < -0.4 is 10.6 Å². The molecule has 1 aromatic heterocycles. The highest BCUT2D eigenvalue weighted by atomic mass is 16.3. The van der Waals surface area contributed by atoms with Crippen LogP contribution in [0, 0.1) is 12.8 Å². The largest absolute Gasteiger partial charge is 0.396 e. The summed E-state index contributed by atoms with van der Waals surface area (Å²) >= 11 is 0. The standard InChI is InChI=1S/C14H26N4O/c1-6-15-13-11(5)14(16-7-10(4)8-19)18-12(17-13)9(2)3/h9-10,19H,6-8H2,1-5H3,(H2,15,16,17,18). The summed E-state index contributed by atoms with van der Waals surface area (Å²) in [7, 11) is 0. The SMILES string of the molecule is CCNc1nc(C(C)C)nc(NCC(C)CO)c1C. The van der Waals surface area contributed by atoms with Crippen LogP contribution >= 0.6 is 0 Å². The topological polar surface area (TPSA) is 70.1 Å². The van der Waals surface area contributed by atoms with E-state index in [1.54, 1.807) is 0 Å². The predicted molar refractivity (Wildman–Crippen MR) is 79.8 cm³/mol. The molecule has 0 saturated heterocycles. The van der Waals surface area contributed by atoms with Crippen molar-refractivity contribution in [2.75, 3.05) is 30.3 Å². The molecule has 0 aliphatic carbocycles. The highest BCUT2D eigenvalue weighted by Gasteiger charge is 2.13. The molecule has 0 spiro atoms. The first-order valence-electron chi connectivity index (χ1n) is 6.96. The summed E-state index contributed by atoms with van der Waals surface area (Å²) in [6.45, 7) is 11.9. The maximum absolute atomic E-state index is 9.08. The smallest absolute Gasteiger partial charge is 0.135 e. The molecule has 5 heteroatoms. The van der Waals surface area contributed by atoms with Crippen molar-refractivity contribution < 1.29 is 5.11 Å². The van der Waals surface area contributed by atoms with Gasteiger partial charge in [-0.2, -0.15) is 0 Å². The van der Waals surface area contributed by atoms with Crippen LogP contribution in [0.1, 0.15) is 45.0 Å². The zero-order valence-electron chi connectivity index (χ0n) is 12.6. The van der Waals surface area contributed by atoms with Crippen molar-refractivity contribution in [3.05, 3.63) is 11.4 Å². The second kappa shape index (κ2) is 7.28. The maximum Gasteiger partial charge on any atom is 0.135 e. The lowest BCUT2D eigenvalue weighted by Gasteiger charge is -2.17. The summed E-state index contributed by atoms with van der Waals surface area (Å²) in [6.07, 6.45) is 0. The van der Waals surface area contributed by atoms with E-state index < -0.39 is 0 Å². The lowest BCUT2D eigenvalue weighted by molar-refractivity contribution is 0.244. The van der Waals surface area contributed by atoms with Gasteiger partial charge < -0.3 is 15.7 Å². The van der Waals surface area contributed by atoms with Crippen LogP contribution in [0.4, 0.5) is 11.6 Å². The molecule has 0 aliphatic heterocycles. The van der Waals surface area contributed by atoms with Crippen LogP contribution in [0.25, 0.3) is 0 Å². The van der Waals surface area contributed by atoms with E-state index in [9.17, 15) is 0 Å². The summed E-state index contributed by atoms with van der Waals surface area (Å²) in [6, 6.07) is 0. The highest BCUT2D eigenvalue weighted by molar-refractivity contribution is 5.57. The zero-order valence-corrected chi connectivity index (χ0v) is 12.6. The number of hydrogen-bond acceptors (Lipinski definition) is 5. The van der Waals surface area contributed by atoms with E-state index in [1.165, 1.54) is 0 Å². The Bertz CT molecular complexity index is 407. The van der Waals surface area contributed by atoms with Crippen LogP contribution in [0.3, 0.4) is 0 Å². The molecule has 0 fully saturated rings. The van der Waals surface area contributed by atoms with E-state index in [0.717, 1.165) is 29.6 Å². The Morgan fingerprint density at radius 3 is 2.16 bits per heavy atom. The Morgan fingerprint density at radius 2 is 1.68 bits per heavy atom. The van der Waals surface area contributed by atoms with Crippen LogP contribution in [-0.2, 0) is 0 Å². The van der Waals surface area contributed by atoms with Gasteiger partial charge in [0, 0.05) is 31.2 Å². The van der Waals surface area contributed by atoms with Crippen molar-refractivity contribution in [2.45, 2.75) is 40.5 Å². The third-order valence-electron chi connectivity index (χ3n) is 2.95. The molecule has 1 rings (SSSR count). The number of aromatic nitrogens is 2. The molecular weight excluding hydrogens is 240 g/mol. The Labute approximate surface area is 115 Å². The molecule has 108 valence electrons. The second-order valence-corrected chi connectivity index (χ2v) is 5.26. The third kappa shape index (κ3) is 4.35. The first kappa shape index (κ1) is 15.7. The van der Waals surface area contributed by atoms with Crippen LogP contribution in [-0.4, -0.2) is 34.8 Å². The van der Waals surface area contributed by atoms with E-state index in [1.807, 2.05) is 13.8 Å². The first-order chi connectivity index (χ1) is 8.99. The van der Waals surface area contributed by atoms with E-state index in [4.69, 9.17) is 5.11 Å². The van der Waals surface area contributed by atoms with Crippen LogP contribution in [0.5, 0.6) is 0 Å². The quantitative estimate of drug-likeness (QED) is 0.707. The summed E-state index contributed by atoms with van der Waals surface area (Å²) in [4.78, 5) is 9.13. The van der Waals surface area contributed by atoms with Gasteiger partial charge in [0.25, 0.3) is 0 Å². The number of nitrogens with one attached hydrogen (secondary N) is 2. The Morgan fingerprint density at radius 1 is 1.11 bits per heavy atom. The second-order valence-electron chi connectivity index (χ2n) is 5.26. The van der Waals surface area contributed by atoms with Gasteiger partial charge in [-0.3, -0.25) is 0 Å². The molecule has 5 nitrogen and oxygen atoms in total. The minimum absolute atomic E-state index is 0.175. The normalized spacial score (nSPS) is 12.6. The molecule has 19 heavy (non-hydrogen) atoms. The maximum atomic E-state index is 9.08. The number of aliphatic hydroxyl groups is 1. The van der Waals surface area contributed by atoms with Crippen LogP contribution in [0.2, 0.25) is 0 Å². The predicted octanol–water partition coefficient (Wildman–Crippen LogP) is 2.38. The Balaban J connectivity index is 3.00. The molecular formula is C14H26N4O. The average molecular weight is 266 g/mol. The lowest BCUT2D eigenvalue weighted by Crippen LogP contribution is -2.18. The van der Waals surface area contributed by atoms with Gasteiger partial charge in [0.2, 0.25) is 0 Å². The molecule has 3 N–H and O–H groups in total. The van der Waals surface area contributed by atoms with Crippen LogP contribution in [0.15, 0.2) is 0 Å². The molecule has 0 bridgehead atoms. The third-order valence-corrected chi connectivity index (χ3v) is 2.95. The van der Waals surface area contributed by atoms with E-state index in [0.29, 0.717) is 6.54 Å². The minimum atomic E-state index is 0.175. The van der Waals surface area contributed by atoms with Gasteiger partial charge in [-0.15, -0.1) is 0 Å². The molecule has 0 aromatic carbocycles. The fourth-order valence-electron chi connectivity index (χ4n) is 1.64. The molecule has 1 heterocycles. The van der Waals surface area contributed by atoms with Gasteiger partial charge in [0.05, 0.1) is 0 Å². The van der Waals surface area contributed by atoms with E-state index in [2.05, 4.69) is 41.4 Å². The molecule has 0 aliphatic rings. The van der Waals surface area contributed by atoms with Crippen molar-refractivity contribution >= 4 is 11.6 Å². The van der Waals surface area contributed by atoms with Gasteiger partial charge in [0.1, 0.15) is 17.5 Å². The molecule has 1 unspecified atom stereocenters. The number of aliphatic hydroxyl groups excluding tert-OH is 1. The van der Waals surface area contributed by atoms with Gasteiger partial charge >= 0.3 is 0 Å². The number of nitrogens with zero attached hydrogens (tertiary/aromatic N) is 2. The summed E-state index contributed by atoms with van der Waals surface area (Å²) in [5.41, 5.74) is 1.02. The lowest BCUT2D eigenvalue weighted by atomic mass is 10.2. The van der Waals surface area contributed by atoms with Gasteiger partial charge in [-0.1, -0.05) is 20.8 Å². The summed E-state index contributed by atoms with van der Waals surface area (Å²) in [5.74, 6) is 3.07. The van der Waals surface area contributed by atoms with Gasteiger partial charge in [0.15, 0.2) is 0 Å². The van der Waals surface area contributed by atoms with Crippen molar-refractivity contribution in [1.29, 1.82) is 0 Å². The van der Waals surface area contributed by atoms with E-state index in [-0.39, 0.29) is 18.4 Å². The summed E-state index contributed by atoms with van der Waals surface area (Å²) < 4.78 is 0. The highest BCUT2D eigenvalue weighted by Crippen LogP contribution is 2.23. The molecule has 1 aromatic rings. The zero-order chi connectivity index (χ0) is 14.4. The number of hydrogen-bond donors (Lipinski definition) is 3. The summed E-state index contributed by atoms with van der Waals surface area (Å²) in [5, 5.41) is 15.7. The molecule has 0 amide bonds. The monoisotopic (exact) mass is 266 g/mol. The van der Waals surface area contributed by atoms with Gasteiger partial charge in [-0.05, 0) is 19.8 Å². The minimum Gasteiger partial charge on any atom is -0.396 e. The van der Waals surface area contributed by atoms with E-state index >= 15 is 0 Å². The molecule has 0 saturated carbocycles. The Hall–Kier alpha value is -1.36.